The molecule has 116 valence electrons. The molecule has 0 bridgehead atoms. The molecule has 4 nitrogen and oxygen atoms in total. The molecule has 0 spiro atoms. The zero-order chi connectivity index (χ0) is 15.2. The largest absolute Gasteiger partial charge is 0.387 e. The van der Waals surface area contributed by atoms with Crippen molar-refractivity contribution >= 4 is 11.6 Å². The van der Waals surface area contributed by atoms with Crippen molar-refractivity contribution in [2.75, 3.05) is 39.0 Å². The van der Waals surface area contributed by atoms with E-state index < -0.39 is 0 Å². The van der Waals surface area contributed by atoms with Crippen LogP contribution in [-0.2, 0) is 0 Å². The minimum absolute atomic E-state index is 0.119. The van der Waals surface area contributed by atoms with Gasteiger partial charge in [-0.05, 0) is 37.9 Å². The SMILES string of the molecule is CCCN1CCC(N(C)C(=O)c2ccccc2NC)CC1. The van der Waals surface area contributed by atoms with Gasteiger partial charge < -0.3 is 15.1 Å². The number of para-hydroxylation sites is 1. The van der Waals surface area contributed by atoms with Gasteiger partial charge in [0.25, 0.3) is 5.91 Å². The Hall–Kier alpha value is -1.55. The van der Waals surface area contributed by atoms with E-state index in [-0.39, 0.29) is 5.91 Å². The van der Waals surface area contributed by atoms with Crippen LogP contribution in [0.1, 0.15) is 36.5 Å². The Bertz CT molecular complexity index is 467. The van der Waals surface area contributed by atoms with Crippen LogP contribution in [0.15, 0.2) is 24.3 Å². The first-order chi connectivity index (χ1) is 10.2. The summed E-state index contributed by atoms with van der Waals surface area (Å²) < 4.78 is 0. The van der Waals surface area contributed by atoms with Crippen LogP contribution in [-0.4, -0.2) is 55.5 Å². The summed E-state index contributed by atoms with van der Waals surface area (Å²) in [6.45, 7) is 5.59. The first-order valence-corrected chi connectivity index (χ1v) is 7.93. The Morgan fingerprint density at radius 1 is 1.33 bits per heavy atom. The van der Waals surface area contributed by atoms with Gasteiger partial charge in [-0.1, -0.05) is 19.1 Å². The lowest BCUT2D eigenvalue weighted by molar-refractivity contribution is 0.0643. The van der Waals surface area contributed by atoms with Crippen molar-refractivity contribution in [3.63, 3.8) is 0 Å². The molecule has 0 aromatic heterocycles. The highest BCUT2D eigenvalue weighted by Crippen LogP contribution is 2.21. The average Bonchev–Trinajstić information content (AvgIpc) is 2.54. The minimum atomic E-state index is 0.119. The fraction of sp³-hybridized carbons (Fsp3) is 0.588. The highest BCUT2D eigenvalue weighted by molar-refractivity contribution is 5.99. The summed E-state index contributed by atoms with van der Waals surface area (Å²) in [7, 11) is 3.80. The molecule has 0 saturated carbocycles. The standard InChI is InChI=1S/C17H27N3O/c1-4-11-20-12-9-14(10-13-20)19(3)17(21)15-7-5-6-8-16(15)18-2/h5-8,14,18H,4,9-13H2,1-3H3. The number of carbonyl (C=O) groups excluding carboxylic acids is 1. The minimum Gasteiger partial charge on any atom is -0.387 e. The number of nitrogens with zero attached hydrogens (tertiary/aromatic N) is 2. The monoisotopic (exact) mass is 289 g/mol. The fourth-order valence-corrected chi connectivity index (χ4v) is 3.09. The molecule has 1 aliphatic rings. The smallest absolute Gasteiger partial charge is 0.255 e. The van der Waals surface area contributed by atoms with Gasteiger partial charge in [-0.25, -0.2) is 0 Å². The van der Waals surface area contributed by atoms with Gasteiger partial charge in [0.2, 0.25) is 0 Å². The Labute approximate surface area is 128 Å². The maximum Gasteiger partial charge on any atom is 0.255 e. The van der Waals surface area contributed by atoms with Crippen LogP contribution in [0, 0.1) is 0 Å². The lowest BCUT2D eigenvalue weighted by atomic mass is 10.0. The molecule has 1 saturated heterocycles. The molecule has 1 fully saturated rings. The van der Waals surface area contributed by atoms with E-state index in [0.717, 1.165) is 37.2 Å². The third-order valence-electron chi connectivity index (χ3n) is 4.39. The molecule has 0 aliphatic carbocycles. The molecule has 0 atom stereocenters. The second-order valence-electron chi connectivity index (χ2n) is 5.78. The van der Waals surface area contributed by atoms with Crippen LogP contribution in [0.5, 0.6) is 0 Å². The highest BCUT2D eigenvalue weighted by Gasteiger charge is 2.26. The van der Waals surface area contributed by atoms with Crippen LogP contribution in [0.4, 0.5) is 5.69 Å². The Morgan fingerprint density at radius 3 is 2.62 bits per heavy atom. The molecule has 1 aromatic carbocycles. The lowest BCUT2D eigenvalue weighted by Crippen LogP contribution is -2.45. The second-order valence-corrected chi connectivity index (χ2v) is 5.78. The first-order valence-electron chi connectivity index (χ1n) is 7.93. The molecule has 2 rings (SSSR count). The molecule has 1 aromatic rings. The van der Waals surface area contributed by atoms with Crippen LogP contribution in [0.2, 0.25) is 0 Å². The number of hydrogen-bond acceptors (Lipinski definition) is 3. The van der Waals surface area contributed by atoms with Crippen molar-refractivity contribution in [3.05, 3.63) is 29.8 Å². The van der Waals surface area contributed by atoms with Gasteiger partial charge in [0.1, 0.15) is 0 Å². The Kier molecular flexibility index (Phi) is 5.62. The summed E-state index contributed by atoms with van der Waals surface area (Å²) in [6.07, 6.45) is 3.35. The summed E-state index contributed by atoms with van der Waals surface area (Å²) in [5.41, 5.74) is 1.66. The number of likely N-dealkylation sites (tertiary alicyclic amines) is 1. The van der Waals surface area contributed by atoms with Gasteiger partial charge in [-0.15, -0.1) is 0 Å². The van der Waals surface area contributed by atoms with E-state index in [1.165, 1.54) is 13.0 Å². The molecule has 1 heterocycles. The predicted molar refractivity (Wildman–Crippen MR) is 87.8 cm³/mol. The van der Waals surface area contributed by atoms with E-state index in [0.29, 0.717) is 6.04 Å². The lowest BCUT2D eigenvalue weighted by Gasteiger charge is -2.36. The number of carbonyl (C=O) groups is 1. The van der Waals surface area contributed by atoms with Crippen molar-refractivity contribution in [1.82, 2.24) is 9.80 Å². The average molecular weight is 289 g/mol. The van der Waals surface area contributed by atoms with E-state index in [4.69, 9.17) is 0 Å². The number of benzene rings is 1. The van der Waals surface area contributed by atoms with E-state index in [1.807, 2.05) is 43.3 Å². The zero-order valence-corrected chi connectivity index (χ0v) is 13.4. The van der Waals surface area contributed by atoms with Crippen molar-refractivity contribution < 1.29 is 4.79 Å². The Morgan fingerprint density at radius 2 is 2.00 bits per heavy atom. The second kappa shape index (κ2) is 7.46. The number of rotatable bonds is 5. The summed E-state index contributed by atoms with van der Waals surface area (Å²) in [5, 5.41) is 3.10. The molecular weight excluding hydrogens is 262 g/mol. The van der Waals surface area contributed by atoms with Crippen LogP contribution >= 0.6 is 0 Å². The van der Waals surface area contributed by atoms with Crippen molar-refractivity contribution in [2.45, 2.75) is 32.2 Å². The van der Waals surface area contributed by atoms with Gasteiger partial charge in [0, 0.05) is 38.9 Å². The third kappa shape index (κ3) is 3.76. The molecule has 0 radical (unpaired) electrons. The number of hydrogen-bond donors (Lipinski definition) is 1. The van der Waals surface area contributed by atoms with Crippen LogP contribution < -0.4 is 5.32 Å². The van der Waals surface area contributed by atoms with E-state index >= 15 is 0 Å². The molecule has 1 aliphatic heterocycles. The fourth-order valence-electron chi connectivity index (χ4n) is 3.09. The quantitative estimate of drug-likeness (QED) is 0.905. The highest BCUT2D eigenvalue weighted by atomic mass is 16.2. The third-order valence-corrected chi connectivity index (χ3v) is 4.39. The van der Waals surface area contributed by atoms with E-state index in [9.17, 15) is 4.79 Å². The van der Waals surface area contributed by atoms with E-state index in [2.05, 4.69) is 17.1 Å². The summed E-state index contributed by atoms with van der Waals surface area (Å²) in [5.74, 6) is 0.119. The molecule has 1 amide bonds. The van der Waals surface area contributed by atoms with Crippen LogP contribution in [0.3, 0.4) is 0 Å². The molecule has 4 heteroatoms. The zero-order valence-electron chi connectivity index (χ0n) is 13.4. The van der Waals surface area contributed by atoms with Gasteiger partial charge >= 0.3 is 0 Å². The van der Waals surface area contributed by atoms with Gasteiger partial charge in [-0.3, -0.25) is 4.79 Å². The number of piperidine rings is 1. The summed E-state index contributed by atoms with van der Waals surface area (Å²) >= 11 is 0. The van der Waals surface area contributed by atoms with Gasteiger partial charge in [-0.2, -0.15) is 0 Å². The topological polar surface area (TPSA) is 35.6 Å². The Balaban J connectivity index is 2.00. The van der Waals surface area contributed by atoms with Gasteiger partial charge in [0.15, 0.2) is 0 Å². The number of amides is 1. The molecule has 1 N–H and O–H groups in total. The first kappa shape index (κ1) is 15.8. The van der Waals surface area contributed by atoms with Crippen molar-refractivity contribution in [2.24, 2.45) is 0 Å². The number of anilines is 1. The van der Waals surface area contributed by atoms with Crippen molar-refractivity contribution in [1.29, 1.82) is 0 Å². The normalized spacial score (nSPS) is 16.7. The molecule has 21 heavy (non-hydrogen) atoms. The van der Waals surface area contributed by atoms with Crippen LogP contribution in [0.25, 0.3) is 0 Å². The maximum atomic E-state index is 12.7. The summed E-state index contributed by atoms with van der Waals surface area (Å²) in [6, 6.07) is 8.08. The predicted octanol–water partition coefficient (Wildman–Crippen LogP) is 2.67. The molecular formula is C17H27N3O. The summed E-state index contributed by atoms with van der Waals surface area (Å²) in [4.78, 5) is 17.1. The molecule has 0 unspecified atom stereocenters. The maximum absolute atomic E-state index is 12.7. The van der Waals surface area contributed by atoms with E-state index in [1.54, 1.807) is 0 Å². The number of nitrogens with one attached hydrogen (secondary N) is 1. The van der Waals surface area contributed by atoms with Gasteiger partial charge in [0.05, 0.1) is 5.56 Å². The van der Waals surface area contributed by atoms with Crippen molar-refractivity contribution in [3.8, 4) is 0 Å².